The van der Waals surface area contributed by atoms with E-state index in [2.05, 4.69) is 27.9 Å². The Morgan fingerprint density at radius 3 is 2.32 bits per heavy atom. The molecule has 1 aromatic carbocycles. The molecule has 0 saturated heterocycles. The fraction of sp³-hybridized carbons (Fsp3) is 0.429. The lowest BCUT2D eigenvalue weighted by Gasteiger charge is -2.11. The van der Waals surface area contributed by atoms with E-state index in [9.17, 15) is 4.79 Å². The Morgan fingerprint density at radius 2 is 1.68 bits per heavy atom. The molecule has 0 unspecified atom stereocenters. The van der Waals surface area contributed by atoms with Crippen LogP contribution in [0.5, 0.6) is 0 Å². The lowest BCUT2D eigenvalue weighted by Crippen LogP contribution is -2.41. The van der Waals surface area contributed by atoms with E-state index in [4.69, 9.17) is 0 Å². The molecule has 0 saturated carbocycles. The summed E-state index contributed by atoms with van der Waals surface area (Å²) in [6.07, 6.45) is 1.05. The van der Waals surface area contributed by atoms with Crippen LogP contribution in [0, 0.1) is 0 Å². The van der Waals surface area contributed by atoms with E-state index in [1.165, 1.54) is 0 Å². The minimum atomic E-state index is -0.0566. The molecule has 1 amide bonds. The summed E-state index contributed by atoms with van der Waals surface area (Å²) in [5, 5.41) is 9.15. The number of nitrogens with one attached hydrogen (secondary N) is 3. The van der Waals surface area contributed by atoms with E-state index < -0.39 is 0 Å². The normalized spacial score (nSPS) is 10.9. The van der Waals surface area contributed by atoms with Crippen LogP contribution in [0.4, 0.5) is 0 Å². The van der Waals surface area contributed by atoms with Crippen molar-refractivity contribution in [3.63, 3.8) is 0 Å². The minimum Gasteiger partial charge on any atom is -0.356 e. The molecular formula is C14H22N4O. The highest BCUT2D eigenvalue weighted by Crippen LogP contribution is 1.96. The van der Waals surface area contributed by atoms with Crippen LogP contribution in [0.3, 0.4) is 0 Å². The lowest BCUT2D eigenvalue weighted by atomic mass is 10.2. The Balaban J connectivity index is 2.22. The zero-order chi connectivity index (χ0) is 13.9. The molecule has 104 valence electrons. The van der Waals surface area contributed by atoms with Crippen molar-refractivity contribution in [3.8, 4) is 0 Å². The zero-order valence-corrected chi connectivity index (χ0v) is 11.6. The van der Waals surface area contributed by atoms with Crippen molar-refractivity contribution in [2.24, 2.45) is 4.99 Å². The van der Waals surface area contributed by atoms with Gasteiger partial charge in [0.25, 0.3) is 5.91 Å². The molecule has 5 nitrogen and oxygen atoms in total. The van der Waals surface area contributed by atoms with Crippen LogP contribution >= 0.6 is 0 Å². The predicted octanol–water partition coefficient (Wildman–Crippen LogP) is 0.991. The summed E-state index contributed by atoms with van der Waals surface area (Å²) in [6.45, 7) is 4.18. The van der Waals surface area contributed by atoms with Gasteiger partial charge in [0, 0.05) is 32.2 Å². The molecule has 0 spiro atoms. The van der Waals surface area contributed by atoms with Gasteiger partial charge in [0.1, 0.15) is 0 Å². The van der Waals surface area contributed by atoms with Gasteiger partial charge in [-0.15, -0.1) is 0 Å². The highest BCUT2D eigenvalue weighted by atomic mass is 16.1. The average Bonchev–Trinajstić information content (AvgIpc) is 2.47. The van der Waals surface area contributed by atoms with Crippen LogP contribution in [0.15, 0.2) is 35.3 Å². The maximum Gasteiger partial charge on any atom is 0.251 e. The fourth-order valence-electron chi connectivity index (χ4n) is 1.51. The molecule has 1 rings (SSSR count). The van der Waals surface area contributed by atoms with Gasteiger partial charge in [-0.3, -0.25) is 9.79 Å². The van der Waals surface area contributed by atoms with Crippen LogP contribution in [0.25, 0.3) is 0 Å². The van der Waals surface area contributed by atoms with Crippen molar-refractivity contribution < 1.29 is 4.79 Å². The summed E-state index contributed by atoms with van der Waals surface area (Å²) in [6, 6.07) is 9.18. The van der Waals surface area contributed by atoms with E-state index in [0.717, 1.165) is 18.9 Å². The molecule has 0 aliphatic rings. The summed E-state index contributed by atoms with van der Waals surface area (Å²) >= 11 is 0. The van der Waals surface area contributed by atoms with Gasteiger partial charge in [0.05, 0.1) is 0 Å². The van der Waals surface area contributed by atoms with Crippen LogP contribution in [-0.2, 0) is 0 Å². The second-order valence-electron chi connectivity index (χ2n) is 4.05. The van der Waals surface area contributed by atoms with Gasteiger partial charge < -0.3 is 16.0 Å². The van der Waals surface area contributed by atoms with Crippen molar-refractivity contribution in [3.05, 3.63) is 35.9 Å². The Labute approximate surface area is 114 Å². The highest BCUT2D eigenvalue weighted by Gasteiger charge is 2.02. The predicted molar refractivity (Wildman–Crippen MR) is 78.4 cm³/mol. The first-order valence-corrected chi connectivity index (χ1v) is 6.55. The molecule has 0 aliphatic heterocycles. The molecular weight excluding hydrogens is 240 g/mol. The monoisotopic (exact) mass is 262 g/mol. The molecule has 0 aromatic heterocycles. The van der Waals surface area contributed by atoms with Gasteiger partial charge in [-0.05, 0) is 18.6 Å². The first-order valence-electron chi connectivity index (χ1n) is 6.55. The minimum absolute atomic E-state index is 0.0566. The maximum absolute atomic E-state index is 11.7. The number of carbonyl (C=O) groups is 1. The van der Waals surface area contributed by atoms with Crippen LogP contribution in [0.2, 0.25) is 0 Å². The standard InChI is InChI=1S/C14H22N4O/c1-3-9-17-14(15-2)18-11-10-16-13(19)12-7-5-4-6-8-12/h4-8H,3,9-11H2,1-2H3,(H,16,19)(H2,15,17,18). The van der Waals surface area contributed by atoms with Crippen molar-refractivity contribution in [1.82, 2.24) is 16.0 Å². The van der Waals surface area contributed by atoms with Gasteiger partial charge in [-0.2, -0.15) is 0 Å². The van der Waals surface area contributed by atoms with Crippen LogP contribution < -0.4 is 16.0 Å². The SMILES string of the molecule is CCCNC(=NC)NCCNC(=O)c1ccccc1. The number of aliphatic imine (C=N–C) groups is 1. The molecule has 0 heterocycles. The van der Waals surface area contributed by atoms with Crippen LogP contribution in [-0.4, -0.2) is 38.5 Å². The number of nitrogens with zero attached hydrogens (tertiary/aromatic N) is 1. The van der Waals surface area contributed by atoms with E-state index in [-0.39, 0.29) is 5.91 Å². The molecule has 5 heteroatoms. The van der Waals surface area contributed by atoms with Crippen LogP contribution in [0.1, 0.15) is 23.7 Å². The number of carbonyl (C=O) groups excluding carboxylic acids is 1. The Bertz CT molecular complexity index is 403. The van der Waals surface area contributed by atoms with E-state index in [1.54, 1.807) is 19.2 Å². The third-order valence-corrected chi connectivity index (χ3v) is 2.51. The van der Waals surface area contributed by atoms with Gasteiger partial charge in [0.15, 0.2) is 5.96 Å². The Hall–Kier alpha value is -2.04. The van der Waals surface area contributed by atoms with Crippen molar-refractivity contribution in [2.75, 3.05) is 26.7 Å². The zero-order valence-electron chi connectivity index (χ0n) is 11.6. The Kier molecular flexibility index (Phi) is 7.09. The van der Waals surface area contributed by atoms with Gasteiger partial charge in [-0.1, -0.05) is 25.1 Å². The summed E-state index contributed by atoms with van der Waals surface area (Å²) in [7, 11) is 1.73. The molecule has 19 heavy (non-hydrogen) atoms. The van der Waals surface area contributed by atoms with E-state index >= 15 is 0 Å². The fourth-order valence-corrected chi connectivity index (χ4v) is 1.51. The van der Waals surface area contributed by atoms with Gasteiger partial charge >= 0.3 is 0 Å². The van der Waals surface area contributed by atoms with Gasteiger partial charge in [0.2, 0.25) is 0 Å². The van der Waals surface area contributed by atoms with Crippen molar-refractivity contribution in [2.45, 2.75) is 13.3 Å². The molecule has 0 radical (unpaired) electrons. The van der Waals surface area contributed by atoms with Crippen molar-refractivity contribution in [1.29, 1.82) is 0 Å². The number of rotatable bonds is 6. The Morgan fingerprint density at radius 1 is 1.05 bits per heavy atom. The summed E-state index contributed by atoms with van der Waals surface area (Å²) in [4.78, 5) is 15.8. The van der Waals surface area contributed by atoms with Gasteiger partial charge in [-0.25, -0.2) is 0 Å². The smallest absolute Gasteiger partial charge is 0.251 e. The average molecular weight is 262 g/mol. The highest BCUT2D eigenvalue weighted by molar-refractivity contribution is 5.94. The number of guanidine groups is 1. The van der Waals surface area contributed by atoms with Crippen molar-refractivity contribution >= 4 is 11.9 Å². The van der Waals surface area contributed by atoms with E-state index in [1.807, 2.05) is 18.2 Å². The molecule has 0 bridgehead atoms. The first-order chi connectivity index (χ1) is 9.27. The lowest BCUT2D eigenvalue weighted by molar-refractivity contribution is 0.0954. The van der Waals surface area contributed by atoms with E-state index in [0.29, 0.717) is 18.7 Å². The summed E-state index contributed by atoms with van der Waals surface area (Å²) in [5.74, 6) is 0.703. The molecule has 3 N–H and O–H groups in total. The quantitative estimate of drug-likeness (QED) is 0.407. The first kappa shape index (κ1) is 15.0. The molecule has 0 aliphatic carbocycles. The maximum atomic E-state index is 11.7. The topological polar surface area (TPSA) is 65.5 Å². The molecule has 0 atom stereocenters. The third-order valence-electron chi connectivity index (χ3n) is 2.51. The second kappa shape index (κ2) is 8.97. The summed E-state index contributed by atoms with van der Waals surface area (Å²) < 4.78 is 0. The number of benzene rings is 1. The third kappa shape index (κ3) is 5.90. The molecule has 1 aromatic rings. The second-order valence-corrected chi connectivity index (χ2v) is 4.05. The number of amides is 1. The largest absolute Gasteiger partial charge is 0.356 e. The number of hydrogen-bond acceptors (Lipinski definition) is 2. The summed E-state index contributed by atoms with van der Waals surface area (Å²) in [5.41, 5.74) is 0.677. The molecule has 0 fully saturated rings. The number of hydrogen-bond donors (Lipinski definition) is 3.